The summed E-state index contributed by atoms with van der Waals surface area (Å²) in [5.74, 6) is -1.49. The predicted molar refractivity (Wildman–Crippen MR) is 49.5 cm³/mol. The molecule has 0 unspecified atom stereocenters. The zero-order valence-electron chi connectivity index (χ0n) is 8.10. The van der Waals surface area contributed by atoms with Crippen LogP contribution >= 0.6 is 0 Å². The third kappa shape index (κ3) is 5.50. The van der Waals surface area contributed by atoms with Gasteiger partial charge in [0.05, 0.1) is 0 Å². The van der Waals surface area contributed by atoms with E-state index in [0.29, 0.717) is 6.42 Å². The SMILES string of the molecule is CC(=O)O[C@@H](CN)CC[C@H](N)C(=O)O. The van der Waals surface area contributed by atoms with Crippen molar-refractivity contribution < 1.29 is 19.4 Å². The minimum Gasteiger partial charge on any atom is -0.480 e. The Labute approximate surface area is 82.2 Å². The van der Waals surface area contributed by atoms with Crippen LogP contribution in [0.5, 0.6) is 0 Å². The third-order valence-electron chi connectivity index (χ3n) is 1.71. The van der Waals surface area contributed by atoms with Gasteiger partial charge in [0.25, 0.3) is 0 Å². The lowest BCUT2D eigenvalue weighted by Gasteiger charge is -2.15. The second-order valence-electron chi connectivity index (χ2n) is 2.99. The Bertz CT molecular complexity index is 208. The van der Waals surface area contributed by atoms with Crippen LogP contribution in [-0.4, -0.2) is 35.7 Å². The predicted octanol–water partition coefficient (Wildman–Crippen LogP) is -0.931. The fraction of sp³-hybridized carbons (Fsp3) is 0.750. The molecule has 0 aromatic carbocycles. The Morgan fingerprint density at radius 1 is 1.43 bits per heavy atom. The van der Waals surface area contributed by atoms with Crippen LogP contribution in [0.25, 0.3) is 0 Å². The molecule has 0 saturated carbocycles. The van der Waals surface area contributed by atoms with Gasteiger partial charge in [-0.3, -0.25) is 9.59 Å². The summed E-state index contributed by atoms with van der Waals surface area (Å²) < 4.78 is 4.82. The first kappa shape index (κ1) is 12.9. The number of esters is 1. The van der Waals surface area contributed by atoms with Crippen molar-refractivity contribution in [3.63, 3.8) is 0 Å². The van der Waals surface area contributed by atoms with Crippen LogP contribution in [-0.2, 0) is 14.3 Å². The smallest absolute Gasteiger partial charge is 0.320 e. The van der Waals surface area contributed by atoms with Gasteiger partial charge in [-0.15, -0.1) is 0 Å². The molecule has 2 atom stereocenters. The molecule has 0 aliphatic carbocycles. The van der Waals surface area contributed by atoms with Crippen molar-refractivity contribution in [1.29, 1.82) is 0 Å². The molecule has 14 heavy (non-hydrogen) atoms. The molecule has 0 fully saturated rings. The number of nitrogens with two attached hydrogens (primary N) is 2. The average Bonchev–Trinajstić information content (AvgIpc) is 2.10. The number of carboxylic acid groups (broad SMARTS) is 1. The molecule has 0 aromatic rings. The summed E-state index contributed by atoms with van der Waals surface area (Å²) in [5, 5.41) is 8.49. The van der Waals surface area contributed by atoms with E-state index in [2.05, 4.69) is 0 Å². The van der Waals surface area contributed by atoms with Crippen LogP contribution in [0.4, 0.5) is 0 Å². The number of hydrogen-bond donors (Lipinski definition) is 3. The number of aliphatic carboxylic acids is 1. The van der Waals surface area contributed by atoms with Gasteiger partial charge in [-0.1, -0.05) is 0 Å². The molecule has 0 rings (SSSR count). The molecule has 5 N–H and O–H groups in total. The summed E-state index contributed by atoms with van der Waals surface area (Å²) in [6.45, 7) is 1.45. The van der Waals surface area contributed by atoms with Crippen molar-refractivity contribution in [3.8, 4) is 0 Å². The Balaban J connectivity index is 3.83. The van der Waals surface area contributed by atoms with Crippen LogP contribution in [0, 0.1) is 0 Å². The highest BCUT2D eigenvalue weighted by Crippen LogP contribution is 2.03. The summed E-state index contributed by atoms with van der Waals surface area (Å²) in [7, 11) is 0. The first-order valence-electron chi connectivity index (χ1n) is 4.33. The minimum absolute atomic E-state index is 0.173. The summed E-state index contributed by atoms with van der Waals surface area (Å²) in [6.07, 6.45) is 0.159. The van der Waals surface area contributed by atoms with E-state index in [1.165, 1.54) is 6.92 Å². The molecule has 0 spiro atoms. The van der Waals surface area contributed by atoms with E-state index >= 15 is 0 Å². The molecular formula is C8H16N2O4. The van der Waals surface area contributed by atoms with Gasteiger partial charge in [-0.2, -0.15) is 0 Å². The van der Waals surface area contributed by atoms with E-state index in [1.807, 2.05) is 0 Å². The minimum atomic E-state index is -1.07. The second-order valence-corrected chi connectivity index (χ2v) is 2.99. The summed E-state index contributed by atoms with van der Waals surface area (Å²) in [5.41, 5.74) is 10.6. The maximum absolute atomic E-state index is 10.6. The molecule has 0 saturated heterocycles. The van der Waals surface area contributed by atoms with Gasteiger partial charge in [0.2, 0.25) is 0 Å². The maximum atomic E-state index is 10.6. The van der Waals surface area contributed by atoms with E-state index in [-0.39, 0.29) is 13.0 Å². The lowest BCUT2D eigenvalue weighted by Crippen LogP contribution is -2.33. The fourth-order valence-electron chi connectivity index (χ4n) is 0.949. The number of rotatable bonds is 6. The maximum Gasteiger partial charge on any atom is 0.320 e. The van der Waals surface area contributed by atoms with Gasteiger partial charge in [0.1, 0.15) is 12.1 Å². The second kappa shape index (κ2) is 6.33. The number of carboxylic acids is 1. The van der Waals surface area contributed by atoms with E-state index in [1.54, 1.807) is 0 Å². The van der Waals surface area contributed by atoms with Crippen molar-refractivity contribution in [1.82, 2.24) is 0 Å². The molecular weight excluding hydrogens is 188 g/mol. The van der Waals surface area contributed by atoms with Gasteiger partial charge < -0.3 is 21.3 Å². The number of hydrogen-bond acceptors (Lipinski definition) is 5. The third-order valence-corrected chi connectivity index (χ3v) is 1.71. The highest BCUT2D eigenvalue weighted by molar-refractivity contribution is 5.73. The standard InChI is InChI=1S/C8H16N2O4/c1-5(11)14-6(4-9)2-3-7(10)8(12)13/h6-7H,2-4,9-10H2,1H3,(H,12,13)/t6-,7+/m1/s1. The monoisotopic (exact) mass is 204 g/mol. The van der Waals surface area contributed by atoms with E-state index < -0.39 is 24.1 Å². The van der Waals surface area contributed by atoms with Gasteiger partial charge >= 0.3 is 11.9 Å². The Morgan fingerprint density at radius 2 is 2.00 bits per heavy atom. The largest absolute Gasteiger partial charge is 0.480 e. The molecule has 0 amide bonds. The van der Waals surface area contributed by atoms with Crippen molar-refractivity contribution in [2.45, 2.75) is 31.9 Å². The van der Waals surface area contributed by atoms with Gasteiger partial charge in [-0.25, -0.2) is 0 Å². The normalized spacial score (nSPS) is 14.5. The average molecular weight is 204 g/mol. The highest BCUT2D eigenvalue weighted by atomic mass is 16.5. The lowest BCUT2D eigenvalue weighted by molar-refractivity contribution is -0.146. The molecule has 0 radical (unpaired) electrons. The molecule has 0 aromatic heterocycles. The van der Waals surface area contributed by atoms with Crippen molar-refractivity contribution >= 4 is 11.9 Å². The first-order chi connectivity index (χ1) is 6.47. The van der Waals surface area contributed by atoms with Gasteiger partial charge in [-0.05, 0) is 12.8 Å². The van der Waals surface area contributed by atoms with Crippen LogP contribution in [0.15, 0.2) is 0 Å². The van der Waals surface area contributed by atoms with Crippen LogP contribution in [0.3, 0.4) is 0 Å². The lowest BCUT2D eigenvalue weighted by atomic mass is 10.1. The van der Waals surface area contributed by atoms with Crippen LogP contribution in [0.1, 0.15) is 19.8 Å². The summed E-state index contributed by atoms with van der Waals surface area (Å²) >= 11 is 0. The molecule has 6 nitrogen and oxygen atoms in total. The van der Waals surface area contributed by atoms with Crippen molar-refractivity contribution in [2.75, 3.05) is 6.54 Å². The Kier molecular flexibility index (Phi) is 5.82. The number of ether oxygens (including phenoxy) is 1. The van der Waals surface area contributed by atoms with Crippen molar-refractivity contribution in [3.05, 3.63) is 0 Å². The first-order valence-corrected chi connectivity index (χ1v) is 4.33. The Hall–Kier alpha value is -1.14. The highest BCUT2D eigenvalue weighted by Gasteiger charge is 2.16. The number of carbonyl (C=O) groups is 2. The zero-order valence-corrected chi connectivity index (χ0v) is 8.10. The van der Waals surface area contributed by atoms with E-state index in [0.717, 1.165) is 0 Å². The zero-order chi connectivity index (χ0) is 11.1. The molecule has 0 aliphatic rings. The van der Waals surface area contributed by atoms with Crippen LogP contribution < -0.4 is 11.5 Å². The van der Waals surface area contributed by atoms with Gasteiger partial charge in [0, 0.05) is 13.5 Å². The molecule has 0 bridgehead atoms. The summed E-state index contributed by atoms with van der Waals surface area (Å²) in [4.78, 5) is 20.9. The molecule has 6 heteroatoms. The van der Waals surface area contributed by atoms with E-state index in [9.17, 15) is 9.59 Å². The van der Waals surface area contributed by atoms with Gasteiger partial charge in [0.15, 0.2) is 0 Å². The summed E-state index contributed by atoms with van der Waals surface area (Å²) in [6, 6.07) is -0.931. The van der Waals surface area contributed by atoms with Crippen LogP contribution in [0.2, 0.25) is 0 Å². The topological polar surface area (TPSA) is 116 Å². The molecule has 0 heterocycles. The fourth-order valence-corrected chi connectivity index (χ4v) is 0.949. The number of carbonyl (C=O) groups excluding carboxylic acids is 1. The van der Waals surface area contributed by atoms with E-state index in [4.69, 9.17) is 21.3 Å². The van der Waals surface area contributed by atoms with Crippen molar-refractivity contribution in [2.24, 2.45) is 11.5 Å². The molecule has 0 aliphatic heterocycles. The Morgan fingerprint density at radius 3 is 2.36 bits per heavy atom. The molecule has 82 valence electrons. The quantitative estimate of drug-likeness (QED) is 0.481.